The van der Waals surface area contributed by atoms with Gasteiger partial charge in [0.25, 0.3) is 10.0 Å². The molecule has 1 aliphatic rings. The van der Waals surface area contributed by atoms with E-state index in [0.717, 1.165) is 46.6 Å². The summed E-state index contributed by atoms with van der Waals surface area (Å²) in [7, 11) is -3.95. The third kappa shape index (κ3) is 5.42. The molecule has 12 nitrogen and oxygen atoms in total. The summed E-state index contributed by atoms with van der Waals surface area (Å²) in [4.78, 5) is 25.4. The number of carbonyl (C=O) groups excluding carboxylic acids is 1. The zero-order chi connectivity index (χ0) is 31.1. The Morgan fingerprint density at radius 1 is 0.867 bits per heavy atom. The van der Waals surface area contributed by atoms with E-state index in [1.807, 2.05) is 54.3 Å². The predicted molar refractivity (Wildman–Crippen MR) is 175 cm³/mol. The zero-order valence-corrected chi connectivity index (χ0v) is 25.5. The van der Waals surface area contributed by atoms with Gasteiger partial charge in [-0.15, -0.1) is 0 Å². The summed E-state index contributed by atoms with van der Waals surface area (Å²) in [5.41, 5.74) is 4.59. The number of piperazine rings is 1. The number of nitrogens with one attached hydrogen (secondary N) is 3. The van der Waals surface area contributed by atoms with Crippen LogP contribution in [0.5, 0.6) is 0 Å². The van der Waals surface area contributed by atoms with Crippen LogP contribution in [0.2, 0.25) is 0 Å². The monoisotopic (exact) mass is 621 g/mol. The summed E-state index contributed by atoms with van der Waals surface area (Å²) in [6.45, 7) is 6.41. The highest BCUT2D eigenvalue weighted by molar-refractivity contribution is 7.90. The second kappa shape index (κ2) is 11.2. The van der Waals surface area contributed by atoms with Gasteiger partial charge in [0.05, 0.1) is 27.7 Å². The van der Waals surface area contributed by atoms with Crippen molar-refractivity contribution in [3.8, 4) is 0 Å². The van der Waals surface area contributed by atoms with E-state index in [0.29, 0.717) is 24.3 Å². The molecule has 6 aromatic rings. The lowest BCUT2D eigenvalue weighted by molar-refractivity contribution is -0.129. The van der Waals surface area contributed by atoms with Crippen LogP contribution >= 0.6 is 0 Å². The Kier molecular flexibility index (Phi) is 7.09. The third-order valence-corrected chi connectivity index (χ3v) is 9.72. The standard InChI is InChI=1S/C32H31N9O3S/c1-21-6-12-25(13-7-21)45(43,44)41-15-14-26-30(35-28-4-3-5-29-27(28)20-33-38-29)36-32(37-31(26)41)34-23-8-10-24(11-9-23)40-18-16-39(17-19-40)22(2)42/h3-15,20H,16-19H2,1-2H3,(H,33,38)(H2,34,35,36,37). The summed E-state index contributed by atoms with van der Waals surface area (Å²) in [5.74, 6) is 0.763. The maximum Gasteiger partial charge on any atom is 0.269 e. The number of nitrogens with zero attached hydrogens (tertiary/aromatic N) is 6. The van der Waals surface area contributed by atoms with Crippen LogP contribution in [0.25, 0.3) is 21.9 Å². The van der Waals surface area contributed by atoms with Gasteiger partial charge in [0.2, 0.25) is 11.9 Å². The van der Waals surface area contributed by atoms with Gasteiger partial charge in [0, 0.05) is 56.1 Å². The lowest BCUT2D eigenvalue weighted by atomic mass is 10.2. The molecule has 3 aromatic carbocycles. The smallest absolute Gasteiger partial charge is 0.269 e. The number of carbonyl (C=O) groups is 1. The maximum absolute atomic E-state index is 13.8. The van der Waals surface area contributed by atoms with Crippen LogP contribution < -0.4 is 15.5 Å². The molecule has 1 aliphatic heterocycles. The van der Waals surface area contributed by atoms with Gasteiger partial charge in [0.1, 0.15) is 5.82 Å². The normalized spacial score (nSPS) is 13.8. The molecule has 1 amide bonds. The minimum Gasteiger partial charge on any atom is -0.368 e. The van der Waals surface area contributed by atoms with Crippen molar-refractivity contribution < 1.29 is 13.2 Å². The maximum atomic E-state index is 13.8. The Bertz CT molecular complexity index is 2130. The molecule has 4 heterocycles. The highest BCUT2D eigenvalue weighted by Crippen LogP contribution is 2.32. The van der Waals surface area contributed by atoms with Crippen LogP contribution in [0.15, 0.2) is 90.1 Å². The number of fused-ring (bicyclic) bond motifs is 2. The van der Waals surface area contributed by atoms with E-state index >= 15 is 0 Å². The topological polar surface area (TPSA) is 141 Å². The Labute approximate surface area is 259 Å². The molecule has 13 heteroatoms. The van der Waals surface area contributed by atoms with E-state index in [1.165, 1.54) is 10.2 Å². The van der Waals surface area contributed by atoms with E-state index in [1.54, 1.807) is 43.5 Å². The molecule has 0 spiro atoms. The Hall–Kier alpha value is -5.43. The van der Waals surface area contributed by atoms with Crippen molar-refractivity contribution in [1.82, 2.24) is 29.0 Å². The minimum atomic E-state index is -3.95. The molecule has 0 bridgehead atoms. The van der Waals surface area contributed by atoms with Gasteiger partial charge in [-0.1, -0.05) is 23.8 Å². The molecule has 228 valence electrons. The number of hydrogen-bond donors (Lipinski definition) is 3. The van der Waals surface area contributed by atoms with Crippen molar-refractivity contribution in [3.05, 3.63) is 90.8 Å². The molecule has 0 saturated carbocycles. The number of aryl methyl sites for hydroxylation is 1. The number of H-pyrrole nitrogens is 1. The molecule has 0 radical (unpaired) electrons. The second-order valence-electron chi connectivity index (χ2n) is 11.0. The van der Waals surface area contributed by atoms with Crippen LogP contribution in [-0.2, 0) is 14.8 Å². The highest BCUT2D eigenvalue weighted by atomic mass is 32.2. The highest BCUT2D eigenvalue weighted by Gasteiger charge is 2.23. The van der Waals surface area contributed by atoms with Gasteiger partial charge in [-0.3, -0.25) is 9.89 Å². The molecule has 0 aliphatic carbocycles. The van der Waals surface area contributed by atoms with Crippen molar-refractivity contribution >= 4 is 66.7 Å². The Morgan fingerprint density at radius 2 is 1.62 bits per heavy atom. The average Bonchev–Trinajstić information content (AvgIpc) is 3.70. The summed E-state index contributed by atoms with van der Waals surface area (Å²) >= 11 is 0. The van der Waals surface area contributed by atoms with Crippen LogP contribution in [0, 0.1) is 6.92 Å². The number of aromatic amines is 1. The Morgan fingerprint density at radius 3 is 2.36 bits per heavy atom. The molecule has 1 fully saturated rings. The van der Waals surface area contributed by atoms with E-state index in [-0.39, 0.29) is 22.4 Å². The summed E-state index contributed by atoms with van der Waals surface area (Å²) in [6.07, 6.45) is 3.23. The fourth-order valence-electron chi connectivity index (χ4n) is 5.53. The summed E-state index contributed by atoms with van der Waals surface area (Å²) in [5, 5.41) is 15.2. The first-order valence-electron chi connectivity index (χ1n) is 14.5. The molecule has 3 aromatic heterocycles. The van der Waals surface area contributed by atoms with Crippen molar-refractivity contribution in [1.29, 1.82) is 0 Å². The summed E-state index contributed by atoms with van der Waals surface area (Å²) < 4.78 is 28.7. The van der Waals surface area contributed by atoms with Gasteiger partial charge in [-0.25, -0.2) is 12.4 Å². The van der Waals surface area contributed by atoms with Crippen molar-refractivity contribution in [2.24, 2.45) is 0 Å². The van der Waals surface area contributed by atoms with E-state index in [2.05, 4.69) is 30.7 Å². The van der Waals surface area contributed by atoms with Crippen LogP contribution in [0.1, 0.15) is 12.5 Å². The number of amides is 1. The average molecular weight is 622 g/mol. The molecule has 3 N–H and O–H groups in total. The summed E-state index contributed by atoms with van der Waals surface area (Å²) in [6, 6.07) is 22.0. The van der Waals surface area contributed by atoms with Gasteiger partial charge in [-0.2, -0.15) is 15.1 Å². The first-order chi connectivity index (χ1) is 21.8. The van der Waals surface area contributed by atoms with Gasteiger partial charge in [-0.05, 0) is 61.5 Å². The molecular formula is C32H31N9O3S. The zero-order valence-electron chi connectivity index (χ0n) is 24.7. The lowest BCUT2D eigenvalue weighted by Gasteiger charge is -2.35. The number of hydrogen-bond acceptors (Lipinski definition) is 9. The largest absolute Gasteiger partial charge is 0.368 e. The molecule has 0 atom stereocenters. The minimum absolute atomic E-state index is 0.0966. The third-order valence-electron chi connectivity index (χ3n) is 8.04. The van der Waals surface area contributed by atoms with Crippen molar-refractivity contribution in [2.45, 2.75) is 18.7 Å². The SMILES string of the molecule is CC(=O)N1CCN(c2ccc(Nc3nc(Nc4cccc5[nH]ncc45)c4ccn(S(=O)(=O)c5ccc(C)cc5)c4n3)cc2)CC1. The van der Waals surface area contributed by atoms with E-state index < -0.39 is 10.0 Å². The van der Waals surface area contributed by atoms with Crippen molar-refractivity contribution in [2.75, 3.05) is 41.7 Å². The lowest BCUT2D eigenvalue weighted by Crippen LogP contribution is -2.48. The van der Waals surface area contributed by atoms with Gasteiger partial charge >= 0.3 is 0 Å². The molecule has 1 saturated heterocycles. The van der Waals surface area contributed by atoms with E-state index in [9.17, 15) is 13.2 Å². The van der Waals surface area contributed by atoms with Crippen LogP contribution in [0.3, 0.4) is 0 Å². The number of benzene rings is 3. The quantitative estimate of drug-likeness (QED) is 0.224. The van der Waals surface area contributed by atoms with Crippen LogP contribution in [-0.4, -0.2) is 69.5 Å². The number of aromatic nitrogens is 5. The molecule has 0 unspecified atom stereocenters. The van der Waals surface area contributed by atoms with Gasteiger partial charge < -0.3 is 20.4 Å². The van der Waals surface area contributed by atoms with E-state index in [4.69, 9.17) is 4.98 Å². The second-order valence-corrected chi connectivity index (χ2v) is 12.8. The first kappa shape index (κ1) is 28.3. The molecular weight excluding hydrogens is 590 g/mol. The van der Waals surface area contributed by atoms with Crippen LogP contribution in [0.4, 0.5) is 28.8 Å². The molecule has 7 rings (SSSR count). The number of rotatable bonds is 7. The first-order valence-corrected chi connectivity index (χ1v) is 16.0. The number of anilines is 5. The molecule has 45 heavy (non-hydrogen) atoms. The Balaban J connectivity index is 1.25. The van der Waals surface area contributed by atoms with Crippen molar-refractivity contribution in [3.63, 3.8) is 0 Å². The fraction of sp³-hybridized carbons (Fsp3) is 0.188. The predicted octanol–water partition coefficient (Wildman–Crippen LogP) is 5.01. The fourth-order valence-corrected chi connectivity index (χ4v) is 6.82. The van der Waals surface area contributed by atoms with Gasteiger partial charge in [0.15, 0.2) is 5.65 Å².